The predicted molar refractivity (Wildman–Crippen MR) is 104 cm³/mol. The van der Waals surface area contributed by atoms with Crippen LogP contribution in [-0.2, 0) is 6.61 Å². The van der Waals surface area contributed by atoms with Crippen molar-refractivity contribution in [3.63, 3.8) is 0 Å². The van der Waals surface area contributed by atoms with Crippen LogP contribution in [0, 0.1) is 25.2 Å². The second-order valence-corrected chi connectivity index (χ2v) is 6.33. The van der Waals surface area contributed by atoms with Gasteiger partial charge in [0, 0.05) is 11.3 Å². The van der Waals surface area contributed by atoms with Crippen molar-refractivity contribution in [2.75, 3.05) is 7.11 Å². The van der Waals surface area contributed by atoms with Crippen molar-refractivity contribution in [1.82, 2.24) is 4.98 Å². The summed E-state index contributed by atoms with van der Waals surface area (Å²) < 4.78 is 11.4. The van der Waals surface area contributed by atoms with Crippen LogP contribution in [-0.4, -0.2) is 12.1 Å². The van der Waals surface area contributed by atoms with E-state index in [2.05, 4.69) is 11.1 Å². The van der Waals surface area contributed by atoms with Gasteiger partial charge in [0.2, 0.25) is 0 Å². The molecule has 0 saturated carbocycles. The Balaban J connectivity index is 1.94. The Bertz CT molecular complexity index is 1080. The molecular formula is C22H20N2O3. The lowest BCUT2D eigenvalue weighted by molar-refractivity contribution is 0.284. The maximum absolute atomic E-state index is 12.0. The van der Waals surface area contributed by atoms with Gasteiger partial charge in [-0.15, -0.1) is 0 Å². The molecule has 0 aliphatic heterocycles. The number of nitrogens with one attached hydrogen (secondary N) is 1. The molecule has 0 bridgehead atoms. The van der Waals surface area contributed by atoms with Gasteiger partial charge >= 0.3 is 0 Å². The highest BCUT2D eigenvalue weighted by atomic mass is 16.5. The van der Waals surface area contributed by atoms with E-state index in [0.29, 0.717) is 29.4 Å². The number of H-pyrrole nitrogens is 1. The Kier molecular flexibility index (Phi) is 5.28. The largest absolute Gasteiger partial charge is 0.493 e. The van der Waals surface area contributed by atoms with Crippen molar-refractivity contribution in [2.24, 2.45) is 0 Å². The van der Waals surface area contributed by atoms with E-state index >= 15 is 0 Å². The predicted octanol–water partition coefficient (Wildman–Crippen LogP) is 4.12. The molecule has 136 valence electrons. The highest BCUT2D eigenvalue weighted by molar-refractivity contribution is 5.72. The Hall–Kier alpha value is -3.52. The van der Waals surface area contributed by atoms with Crippen molar-refractivity contribution < 1.29 is 9.47 Å². The molecule has 0 saturated heterocycles. The van der Waals surface area contributed by atoms with E-state index in [0.717, 1.165) is 11.1 Å². The van der Waals surface area contributed by atoms with E-state index in [9.17, 15) is 10.1 Å². The number of aromatic nitrogens is 1. The number of pyridine rings is 1. The number of aromatic amines is 1. The summed E-state index contributed by atoms with van der Waals surface area (Å²) in [6, 6.07) is 17.3. The smallest absolute Gasteiger partial charge is 0.266 e. The molecule has 5 heteroatoms. The van der Waals surface area contributed by atoms with Gasteiger partial charge in [0.15, 0.2) is 11.5 Å². The third-order valence-corrected chi connectivity index (χ3v) is 4.23. The molecule has 0 radical (unpaired) electrons. The minimum absolute atomic E-state index is 0.0797. The van der Waals surface area contributed by atoms with Crippen molar-refractivity contribution in [3.05, 3.63) is 81.3 Å². The number of nitriles is 1. The first-order valence-electron chi connectivity index (χ1n) is 8.52. The van der Waals surface area contributed by atoms with Crippen LogP contribution in [0.5, 0.6) is 11.5 Å². The summed E-state index contributed by atoms with van der Waals surface area (Å²) in [4.78, 5) is 14.7. The normalized spacial score (nSPS) is 10.3. The summed E-state index contributed by atoms with van der Waals surface area (Å²) >= 11 is 0. The van der Waals surface area contributed by atoms with Gasteiger partial charge in [-0.1, -0.05) is 35.9 Å². The molecule has 27 heavy (non-hydrogen) atoms. The summed E-state index contributed by atoms with van der Waals surface area (Å²) in [6.07, 6.45) is 0. The van der Waals surface area contributed by atoms with Crippen LogP contribution in [0.25, 0.3) is 11.1 Å². The lowest BCUT2D eigenvalue weighted by atomic mass is 10.0. The van der Waals surface area contributed by atoms with Gasteiger partial charge in [-0.2, -0.15) is 5.26 Å². The van der Waals surface area contributed by atoms with Gasteiger partial charge in [-0.3, -0.25) is 4.79 Å². The summed E-state index contributed by atoms with van der Waals surface area (Å²) in [5, 5.41) is 9.34. The van der Waals surface area contributed by atoms with Crippen molar-refractivity contribution in [2.45, 2.75) is 20.5 Å². The molecule has 2 aromatic carbocycles. The van der Waals surface area contributed by atoms with Crippen LogP contribution in [0.1, 0.15) is 22.4 Å². The van der Waals surface area contributed by atoms with Crippen molar-refractivity contribution >= 4 is 0 Å². The number of benzene rings is 2. The number of methoxy groups -OCH3 is 1. The van der Waals surface area contributed by atoms with Crippen LogP contribution in [0.3, 0.4) is 0 Å². The summed E-state index contributed by atoms with van der Waals surface area (Å²) in [5.74, 6) is 1.14. The SMILES string of the molecule is COc1cc(-c2cc(C)[nH]c(=O)c2C#N)ccc1OCc1cccc(C)c1. The summed E-state index contributed by atoms with van der Waals surface area (Å²) in [5.41, 5.74) is 3.91. The monoisotopic (exact) mass is 360 g/mol. The Morgan fingerprint density at radius 2 is 1.89 bits per heavy atom. The number of ether oxygens (including phenoxy) is 2. The molecular weight excluding hydrogens is 340 g/mol. The topological polar surface area (TPSA) is 75.1 Å². The number of hydrogen-bond donors (Lipinski definition) is 1. The molecule has 1 heterocycles. The van der Waals surface area contributed by atoms with E-state index in [1.807, 2.05) is 37.3 Å². The molecule has 0 atom stereocenters. The van der Waals surface area contributed by atoms with Gasteiger partial charge in [0.05, 0.1) is 7.11 Å². The van der Waals surface area contributed by atoms with Gasteiger partial charge in [0.1, 0.15) is 18.2 Å². The molecule has 0 unspecified atom stereocenters. The van der Waals surface area contributed by atoms with Crippen LogP contribution < -0.4 is 15.0 Å². The zero-order valence-corrected chi connectivity index (χ0v) is 15.5. The summed E-state index contributed by atoms with van der Waals surface area (Å²) in [7, 11) is 1.56. The third kappa shape index (κ3) is 4.01. The van der Waals surface area contributed by atoms with Crippen LogP contribution in [0.2, 0.25) is 0 Å². The highest BCUT2D eigenvalue weighted by Crippen LogP contribution is 2.33. The van der Waals surface area contributed by atoms with E-state index in [1.54, 1.807) is 32.2 Å². The minimum Gasteiger partial charge on any atom is -0.493 e. The molecule has 3 aromatic rings. The maximum Gasteiger partial charge on any atom is 0.266 e. The van der Waals surface area contributed by atoms with Crippen LogP contribution in [0.4, 0.5) is 0 Å². The van der Waals surface area contributed by atoms with E-state index in [4.69, 9.17) is 9.47 Å². The maximum atomic E-state index is 12.0. The zero-order chi connectivity index (χ0) is 19.4. The number of rotatable bonds is 5. The van der Waals surface area contributed by atoms with E-state index in [1.165, 1.54) is 5.56 Å². The lowest BCUT2D eigenvalue weighted by Gasteiger charge is -2.13. The molecule has 0 aliphatic rings. The Morgan fingerprint density at radius 1 is 1.07 bits per heavy atom. The van der Waals surface area contributed by atoms with Crippen LogP contribution in [0.15, 0.2) is 53.3 Å². The Labute approximate surface area is 157 Å². The quantitative estimate of drug-likeness (QED) is 0.743. The van der Waals surface area contributed by atoms with E-state index < -0.39 is 5.56 Å². The first-order valence-corrected chi connectivity index (χ1v) is 8.52. The number of aryl methyl sites for hydroxylation is 2. The number of nitrogens with zero attached hydrogens (tertiary/aromatic N) is 1. The van der Waals surface area contributed by atoms with Gasteiger partial charge in [0.25, 0.3) is 5.56 Å². The molecule has 1 N–H and O–H groups in total. The second kappa shape index (κ2) is 7.79. The van der Waals surface area contributed by atoms with Gasteiger partial charge in [-0.25, -0.2) is 0 Å². The second-order valence-electron chi connectivity index (χ2n) is 6.33. The van der Waals surface area contributed by atoms with Crippen molar-refractivity contribution in [1.29, 1.82) is 5.26 Å². The lowest BCUT2D eigenvalue weighted by Crippen LogP contribution is -2.12. The van der Waals surface area contributed by atoms with Gasteiger partial charge < -0.3 is 14.5 Å². The fraction of sp³-hybridized carbons (Fsp3) is 0.182. The first kappa shape index (κ1) is 18.3. The standard InChI is InChI=1S/C22H20N2O3/c1-14-5-4-6-16(9-14)13-27-20-8-7-17(11-21(20)26-3)18-10-15(2)24-22(25)19(18)12-23/h4-11H,13H2,1-3H3,(H,24,25). The number of hydrogen-bond acceptors (Lipinski definition) is 4. The molecule has 0 aliphatic carbocycles. The molecule has 0 spiro atoms. The molecule has 3 rings (SSSR count). The summed E-state index contributed by atoms with van der Waals surface area (Å²) in [6.45, 7) is 4.24. The zero-order valence-electron chi connectivity index (χ0n) is 15.5. The van der Waals surface area contributed by atoms with Crippen molar-refractivity contribution in [3.8, 4) is 28.7 Å². The minimum atomic E-state index is -0.397. The average molecular weight is 360 g/mol. The van der Waals surface area contributed by atoms with Gasteiger partial charge in [-0.05, 0) is 43.2 Å². The fourth-order valence-electron chi connectivity index (χ4n) is 2.94. The molecule has 0 amide bonds. The Morgan fingerprint density at radius 3 is 2.59 bits per heavy atom. The molecule has 1 aromatic heterocycles. The average Bonchev–Trinajstić information content (AvgIpc) is 2.65. The highest BCUT2D eigenvalue weighted by Gasteiger charge is 2.13. The third-order valence-electron chi connectivity index (χ3n) is 4.23. The van der Waals surface area contributed by atoms with Crippen LogP contribution >= 0.6 is 0 Å². The van der Waals surface area contributed by atoms with E-state index in [-0.39, 0.29) is 5.56 Å². The molecule has 0 fully saturated rings. The first-order chi connectivity index (χ1) is 13.0. The fourth-order valence-corrected chi connectivity index (χ4v) is 2.94. The molecule has 5 nitrogen and oxygen atoms in total.